The number of nitrogens with zero attached hydrogens (tertiary/aromatic N) is 3. The highest BCUT2D eigenvalue weighted by Gasteiger charge is 2.64. The molecule has 1 aliphatic heterocycles. The number of aromatic hydroxyl groups is 1. The van der Waals surface area contributed by atoms with Crippen molar-refractivity contribution in [2.75, 3.05) is 58.1 Å². The molecule has 4 atom stereocenters. The van der Waals surface area contributed by atoms with E-state index in [4.69, 9.17) is 10.6 Å². The molecular weight excluding hydrogens is 562 g/mol. The van der Waals surface area contributed by atoms with E-state index < -0.39 is 69.7 Å². The summed E-state index contributed by atoms with van der Waals surface area (Å²) in [6, 6.07) is 0.406. The van der Waals surface area contributed by atoms with Crippen LogP contribution in [0.15, 0.2) is 23.0 Å². The van der Waals surface area contributed by atoms with Gasteiger partial charge in [-0.1, -0.05) is 0 Å². The Balaban J connectivity index is 1.62. The third kappa shape index (κ3) is 4.74. The molecule has 1 heterocycles. The Hall–Kier alpha value is -3.98. The monoisotopic (exact) mass is 599 g/mol. The Morgan fingerprint density at radius 2 is 1.86 bits per heavy atom. The molecule has 0 aromatic heterocycles. The Kier molecular flexibility index (Phi) is 7.75. The van der Waals surface area contributed by atoms with Gasteiger partial charge in [0.25, 0.3) is 5.91 Å². The standard InChI is InChI=1S/C29H37N5O9/c1-32(2)17-11-16(31-18(35)12-34-7-5-6-8-43-34)23(36)20-14(17)9-13-10-15-22(33(3)4)25(38)21(28(30)41)27(40)29(15,42)26(39)19(13)24(20)37/h11,13,15,22,36-37,40,42H,5-10,12H2,1-4H3,(H2,30,41)(H,31,35)/t13-,15-,22-,29-/m0/s1. The van der Waals surface area contributed by atoms with Crippen LogP contribution >= 0.6 is 0 Å². The Morgan fingerprint density at radius 3 is 2.44 bits per heavy atom. The average molecular weight is 600 g/mol. The molecule has 3 aliphatic carbocycles. The van der Waals surface area contributed by atoms with Gasteiger partial charge in [-0.3, -0.25) is 28.9 Å². The van der Waals surface area contributed by atoms with Gasteiger partial charge in [-0.25, -0.2) is 0 Å². The van der Waals surface area contributed by atoms with E-state index in [0.29, 0.717) is 24.4 Å². The number of phenols is 1. The van der Waals surface area contributed by atoms with Gasteiger partial charge in [-0.2, -0.15) is 5.06 Å². The highest BCUT2D eigenvalue weighted by Crippen LogP contribution is 2.54. The maximum atomic E-state index is 14.1. The number of nitrogens with two attached hydrogens (primary N) is 1. The lowest BCUT2D eigenvalue weighted by molar-refractivity contribution is -0.182. The molecule has 0 spiro atoms. The summed E-state index contributed by atoms with van der Waals surface area (Å²) in [4.78, 5) is 61.0. The minimum atomic E-state index is -2.73. The van der Waals surface area contributed by atoms with E-state index in [1.165, 1.54) is 9.96 Å². The lowest BCUT2D eigenvalue weighted by atomic mass is 9.57. The summed E-state index contributed by atoms with van der Waals surface area (Å²) in [5, 5.41) is 49.9. The van der Waals surface area contributed by atoms with Crippen molar-refractivity contribution in [1.29, 1.82) is 0 Å². The van der Waals surface area contributed by atoms with Crippen LogP contribution in [0.2, 0.25) is 0 Å². The molecule has 2 fully saturated rings. The van der Waals surface area contributed by atoms with Crippen molar-refractivity contribution in [3.8, 4) is 5.75 Å². The number of Topliss-reactive ketones (excluding diaryl/α,β-unsaturated/α-hetero) is 2. The lowest BCUT2D eigenvalue weighted by Gasteiger charge is -2.50. The molecule has 1 saturated carbocycles. The van der Waals surface area contributed by atoms with Crippen LogP contribution in [0.4, 0.5) is 11.4 Å². The van der Waals surface area contributed by atoms with Gasteiger partial charge in [0, 0.05) is 37.8 Å². The van der Waals surface area contributed by atoms with Gasteiger partial charge >= 0.3 is 0 Å². The number of aliphatic hydroxyl groups excluding tert-OH is 2. The van der Waals surface area contributed by atoms with E-state index in [1.807, 2.05) is 0 Å². The van der Waals surface area contributed by atoms with Gasteiger partial charge in [-0.15, -0.1) is 0 Å². The van der Waals surface area contributed by atoms with E-state index in [0.717, 1.165) is 12.8 Å². The molecule has 7 N–H and O–H groups in total. The number of aliphatic hydroxyl groups is 3. The number of phenolic OH excluding ortho intramolecular Hbond substituents is 1. The molecule has 0 bridgehead atoms. The molecule has 0 radical (unpaired) electrons. The van der Waals surface area contributed by atoms with Crippen LogP contribution < -0.4 is 16.0 Å². The molecule has 5 rings (SSSR count). The smallest absolute Gasteiger partial charge is 0.255 e. The van der Waals surface area contributed by atoms with Gasteiger partial charge in [0.2, 0.25) is 11.7 Å². The zero-order valence-electron chi connectivity index (χ0n) is 24.5. The van der Waals surface area contributed by atoms with Crippen molar-refractivity contribution in [1.82, 2.24) is 9.96 Å². The number of hydroxylamine groups is 2. The zero-order chi connectivity index (χ0) is 31.5. The summed E-state index contributed by atoms with van der Waals surface area (Å²) in [5.41, 5.74) is 2.44. The molecule has 43 heavy (non-hydrogen) atoms. The predicted octanol–water partition coefficient (Wildman–Crippen LogP) is -0.00410. The number of carbonyl (C=O) groups excluding carboxylic acids is 4. The number of rotatable bonds is 6. The fourth-order valence-electron chi connectivity index (χ4n) is 6.91. The van der Waals surface area contributed by atoms with Crippen molar-refractivity contribution in [2.24, 2.45) is 17.6 Å². The average Bonchev–Trinajstić information content (AvgIpc) is 2.92. The number of ketones is 2. The molecule has 2 amide bonds. The van der Waals surface area contributed by atoms with Crippen molar-refractivity contribution < 1.29 is 44.4 Å². The molecule has 1 aromatic carbocycles. The van der Waals surface area contributed by atoms with Gasteiger partial charge < -0.3 is 36.4 Å². The number of nitrogens with one attached hydrogen (secondary N) is 1. The number of hydrogen-bond donors (Lipinski definition) is 6. The second-order valence-corrected chi connectivity index (χ2v) is 12.0. The fourth-order valence-corrected chi connectivity index (χ4v) is 6.91. The first-order chi connectivity index (χ1) is 20.2. The summed E-state index contributed by atoms with van der Waals surface area (Å²) in [7, 11) is 6.58. The van der Waals surface area contributed by atoms with Crippen LogP contribution in [0.3, 0.4) is 0 Å². The largest absolute Gasteiger partial charge is 0.508 e. The number of benzene rings is 1. The first kappa shape index (κ1) is 30.5. The molecule has 0 unspecified atom stereocenters. The third-order valence-electron chi connectivity index (χ3n) is 8.85. The van der Waals surface area contributed by atoms with Crippen molar-refractivity contribution in [2.45, 2.75) is 37.3 Å². The highest BCUT2D eigenvalue weighted by molar-refractivity contribution is 6.24. The number of carbonyl (C=O) groups is 4. The van der Waals surface area contributed by atoms with Crippen LogP contribution in [0.5, 0.6) is 5.75 Å². The number of fused-ring (bicyclic) bond motifs is 3. The molecule has 1 saturated heterocycles. The maximum absolute atomic E-state index is 14.1. The summed E-state index contributed by atoms with van der Waals surface area (Å²) in [6.45, 7) is 0.989. The van der Waals surface area contributed by atoms with Crippen molar-refractivity contribution >= 4 is 40.5 Å². The summed E-state index contributed by atoms with van der Waals surface area (Å²) >= 11 is 0. The Bertz CT molecular complexity index is 1480. The van der Waals surface area contributed by atoms with Crippen molar-refractivity contribution in [3.63, 3.8) is 0 Å². The van der Waals surface area contributed by atoms with Crippen LogP contribution in [0.1, 0.15) is 30.4 Å². The summed E-state index contributed by atoms with van der Waals surface area (Å²) in [5.74, 6) is -7.83. The van der Waals surface area contributed by atoms with E-state index in [9.17, 15) is 39.6 Å². The van der Waals surface area contributed by atoms with Crippen LogP contribution in [0.25, 0.3) is 5.76 Å². The lowest BCUT2D eigenvalue weighted by Crippen LogP contribution is -2.65. The Labute approximate surface area is 247 Å². The summed E-state index contributed by atoms with van der Waals surface area (Å²) < 4.78 is 0. The molecular formula is C29H37N5O9. The maximum Gasteiger partial charge on any atom is 0.255 e. The minimum Gasteiger partial charge on any atom is -0.508 e. The first-order valence-corrected chi connectivity index (χ1v) is 14.1. The number of amides is 2. The number of primary amides is 1. The van der Waals surface area contributed by atoms with E-state index in [-0.39, 0.29) is 36.2 Å². The quantitative estimate of drug-likeness (QED) is 0.189. The van der Waals surface area contributed by atoms with E-state index in [2.05, 4.69) is 5.32 Å². The first-order valence-electron chi connectivity index (χ1n) is 14.1. The highest BCUT2D eigenvalue weighted by atomic mass is 16.7. The van der Waals surface area contributed by atoms with Crippen LogP contribution in [-0.2, 0) is 30.4 Å². The van der Waals surface area contributed by atoms with Gasteiger partial charge in [-0.05, 0) is 57.3 Å². The number of likely N-dealkylation sites (N-methyl/N-ethyl adjacent to an activating group) is 1. The van der Waals surface area contributed by atoms with Gasteiger partial charge in [0.05, 0.1) is 23.9 Å². The van der Waals surface area contributed by atoms with Crippen molar-refractivity contribution in [3.05, 3.63) is 34.1 Å². The SMILES string of the molecule is CN(C)c1cc(NC(=O)CN2CCCCO2)c(O)c2c1C[C@H]1C[C@H]3[C@H](N(C)C)C(=O)C(C(N)=O)=C(O)[C@@]3(O)C(=O)C1=C2O. The molecule has 1 aromatic rings. The molecule has 232 valence electrons. The number of hydrogen-bond acceptors (Lipinski definition) is 12. The Morgan fingerprint density at radius 1 is 1.16 bits per heavy atom. The van der Waals surface area contributed by atoms with E-state index >= 15 is 0 Å². The third-order valence-corrected chi connectivity index (χ3v) is 8.85. The molecule has 4 aliphatic rings. The topological polar surface area (TPSA) is 206 Å². The van der Waals surface area contributed by atoms with Gasteiger partial charge in [0.1, 0.15) is 29.4 Å². The second-order valence-electron chi connectivity index (χ2n) is 12.0. The second kappa shape index (κ2) is 10.9. The fraction of sp³-hybridized carbons (Fsp3) is 0.517. The molecule has 14 heteroatoms. The van der Waals surface area contributed by atoms with Crippen LogP contribution in [-0.4, -0.2) is 113 Å². The van der Waals surface area contributed by atoms with Gasteiger partial charge in [0.15, 0.2) is 11.4 Å². The minimum absolute atomic E-state index is 0.00963. The molecule has 14 nitrogen and oxygen atoms in total. The summed E-state index contributed by atoms with van der Waals surface area (Å²) in [6.07, 6.45) is 1.88. The predicted molar refractivity (Wildman–Crippen MR) is 154 cm³/mol. The van der Waals surface area contributed by atoms with Crippen LogP contribution in [0, 0.1) is 11.8 Å². The zero-order valence-corrected chi connectivity index (χ0v) is 24.5. The van der Waals surface area contributed by atoms with E-state index in [1.54, 1.807) is 39.2 Å². The number of anilines is 2. The normalized spacial score (nSPS) is 27.5.